The molecule has 0 aromatic carbocycles. The minimum absolute atomic E-state index is 0.155. The second-order valence-corrected chi connectivity index (χ2v) is 6.52. The average molecular weight is 199 g/mol. The molecule has 74 valence electrons. The van der Waals surface area contributed by atoms with Gasteiger partial charge in [0.2, 0.25) is 0 Å². The van der Waals surface area contributed by atoms with Gasteiger partial charge in [-0.15, -0.1) is 0 Å². The molecular weight excluding hydrogens is 182 g/mol. The van der Waals surface area contributed by atoms with E-state index < -0.39 is 10.8 Å². The van der Waals surface area contributed by atoms with E-state index in [1.165, 1.54) is 0 Å². The maximum Gasteiger partial charge on any atom is 0.0560 e. The van der Waals surface area contributed by atoms with Crippen LogP contribution in [0.4, 0.5) is 0 Å². The summed E-state index contributed by atoms with van der Waals surface area (Å²) in [5.74, 6) is 0. The molecule has 0 fully saturated rings. The van der Waals surface area contributed by atoms with Crippen molar-refractivity contribution in [1.29, 1.82) is 0 Å². The Hall–Kier alpha value is -0.570. The van der Waals surface area contributed by atoms with Gasteiger partial charge in [0.25, 0.3) is 0 Å². The van der Waals surface area contributed by atoms with E-state index in [1.807, 2.05) is 51.2 Å². The summed E-state index contributed by atoms with van der Waals surface area (Å²) >= 11 is 0. The van der Waals surface area contributed by atoms with Crippen molar-refractivity contribution >= 4 is 10.8 Å². The minimum atomic E-state index is -0.876. The molecule has 0 bridgehead atoms. The van der Waals surface area contributed by atoms with E-state index in [4.69, 9.17) is 0 Å². The van der Waals surface area contributed by atoms with Crippen LogP contribution >= 0.6 is 0 Å². The lowest BCUT2D eigenvalue weighted by atomic mass is 10.3. The van der Waals surface area contributed by atoms with Crippen LogP contribution in [0.25, 0.3) is 0 Å². The van der Waals surface area contributed by atoms with Crippen molar-refractivity contribution in [2.45, 2.75) is 31.9 Å². The molecule has 1 unspecified atom stereocenters. The Labute approximate surface area is 82.8 Å². The Morgan fingerprint density at radius 2 is 2.08 bits per heavy atom. The van der Waals surface area contributed by atoms with E-state index in [1.54, 1.807) is 0 Å². The number of nitrogens with zero attached hydrogens (tertiary/aromatic N) is 1. The fraction of sp³-hybridized carbons (Fsp3) is 0.600. The molecule has 0 saturated heterocycles. The van der Waals surface area contributed by atoms with Gasteiger partial charge in [-0.1, -0.05) is 6.08 Å². The normalized spacial score (nSPS) is 20.0. The van der Waals surface area contributed by atoms with Crippen molar-refractivity contribution in [3.63, 3.8) is 0 Å². The predicted molar refractivity (Wildman–Crippen MR) is 57.5 cm³/mol. The molecule has 3 heteroatoms. The van der Waals surface area contributed by atoms with E-state index in [-0.39, 0.29) is 4.75 Å². The zero-order valence-electron chi connectivity index (χ0n) is 8.70. The molecule has 0 aromatic heterocycles. The highest BCUT2D eigenvalue weighted by molar-refractivity contribution is 7.90. The Morgan fingerprint density at radius 3 is 2.54 bits per heavy atom. The third kappa shape index (κ3) is 2.69. The summed E-state index contributed by atoms with van der Waals surface area (Å²) in [4.78, 5) is 2.96. The van der Waals surface area contributed by atoms with Crippen molar-refractivity contribution in [3.8, 4) is 0 Å². The zero-order valence-corrected chi connectivity index (χ0v) is 9.52. The topological polar surface area (TPSA) is 20.3 Å². The summed E-state index contributed by atoms with van der Waals surface area (Å²) in [5.41, 5.74) is 0. The van der Waals surface area contributed by atoms with Crippen LogP contribution in [0, 0.1) is 0 Å². The summed E-state index contributed by atoms with van der Waals surface area (Å²) in [6.45, 7) is 6.01. The highest BCUT2D eigenvalue weighted by Crippen LogP contribution is 2.23. The highest BCUT2D eigenvalue weighted by atomic mass is 32.2. The molecule has 1 atom stereocenters. The molecule has 1 heterocycles. The van der Waals surface area contributed by atoms with Crippen LogP contribution in [0.3, 0.4) is 0 Å². The first-order valence-electron chi connectivity index (χ1n) is 4.42. The van der Waals surface area contributed by atoms with Crippen LogP contribution in [0.2, 0.25) is 0 Å². The first-order valence-corrected chi connectivity index (χ1v) is 5.57. The van der Waals surface area contributed by atoms with E-state index in [2.05, 4.69) is 0 Å². The van der Waals surface area contributed by atoms with Gasteiger partial charge in [0.15, 0.2) is 0 Å². The van der Waals surface area contributed by atoms with E-state index in [0.717, 1.165) is 11.3 Å². The fourth-order valence-corrected chi connectivity index (χ4v) is 2.47. The zero-order chi connectivity index (χ0) is 10.1. The Bertz CT molecular complexity index is 273. The molecule has 13 heavy (non-hydrogen) atoms. The Morgan fingerprint density at radius 1 is 1.46 bits per heavy atom. The largest absolute Gasteiger partial charge is 0.357 e. The van der Waals surface area contributed by atoms with Gasteiger partial charge in [-0.05, 0) is 27.0 Å². The SMILES string of the molecule is CN1C=CCC(S(=O)C(C)(C)C)=C1. The third-order valence-corrected chi connectivity index (χ3v) is 3.66. The average Bonchev–Trinajstić information content (AvgIpc) is 2.01. The summed E-state index contributed by atoms with van der Waals surface area (Å²) in [6, 6.07) is 0. The van der Waals surface area contributed by atoms with E-state index in [9.17, 15) is 4.21 Å². The van der Waals surface area contributed by atoms with Gasteiger partial charge < -0.3 is 4.90 Å². The van der Waals surface area contributed by atoms with Crippen LogP contribution in [0.15, 0.2) is 23.4 Å². The Balaban J connectivity index is 2.80. The maximum atomic E-state index is 11.9. The van der Waals surface area contributed by atoms with Gasteiger partial charge in [-0.25, -0.2) is 0 Å². The van der Waals surface area contributed by atoms with Gasteiger partial charge in [0.1, 0.15) is 0 Å². The smallest absolute Gasteiger partial charge is 0.0560 e. The number of hydrogen-bond donors (Lipinski definition) is 0. The van der Waals surface area contributed by atoms with Gasteiger partial charge in [-0.3, -0.25) is 4.21 Å². The first kappa shape index (κ1) is 10.5. The fourth-order valence-electron chi connectivity index (χ4n) is 1.17. The quantitative estimate of drug-likeness (QED) is 0.645. The molecular formula is C10H17NOS. The van der Waals surface area contributed by atoms with Gasteiger partial charge >= 0.3 is 0 Å². The van der Waals surface area contributed by atoms with Crippen molar-refractivity contribution in [2.75, 3.05) is 7.05 Å². The molecule has 0 saturated carbocycles. The molecule has 1 aliphatic heterocycles. The monoisotopic (exact) mass is 199 g/mol. The van der Waals surface area contributed by atoms with E-state index in [0.29, 0.717) is 0 Å². The lowest BCUT2D eigenvalue weighted by Crippen LogP contribution is -2.24. The molecule has 0 radical (unpaired) electrons. The summed E-state index contributed by atoms with van der Waals surface area (Å²) < 4.78 is 11.8. The summed E-state index contributed by atoms with van der Waals surface area (Å²) in [5, 5.41) is 0. The standard InChI is InChI=1S/C10H17NOS/c1-10(2,3)13(12)9-6-5-7-11(4)8-9/h5,7-8H,6H2,1-4H3. The molecule has 0 aromatic rings. The van der Waals surface area contributed by atoms with Crippen LogP contribution in [0.5, 0.6) is 0 Å². The van der Waals surface area contributed by atoms with Gasteiger partial charge in [-0.2, -0.15) is 0 Å². The first-order chi connectivity index (χ1) is 5.91. The molecule has 0 spiro atoms. The van der Waals surface area contributed by atoms with Crippen molar-refractivity contribution < 1.29 is 4.21 Å². The van der Waals surface area contributed by atoms with E-state index >= 15 is 0 Å². The Kier molecular flexibility index (Phi) is 2.96. The van der Waals surface area contributed by atoms with Crippen molar-refractivity contribution in [1.82, 2.24) is 4.90 Å². The summed E-state index contributed by atoms with van der Waals surface area (Å²) in [7, 11) is 1.08. The molecule has 0 aliphatic carbocycles. The number of hydrogen-bond acceptors (Lipinski definition) is 2. The number of allylic oxidation sites excluding steroid dienone is 2. The molecule has 1 rings (SSSR count). The maximum absolute atomic E-state index is 11.9. The lowest BCUT2D eigenvalue weighted by Gasteiger charge is -2.23. The van der Waals surface area contributed by atoms with Crippen LogP contribution in [-0.2, 0) is 10.8 Å². The van der Waals surface area contributed by atoms with Crippen LogP contribution in [0.1, 0.15) is 27.2 Å². The predicted octanol–water partition coefficient (Wildman–Crippen LogP) is 2.22. The minimum Gasteiger partial charge on any atom is -0.357 e. The highest BCUT2D eigenvalue weighted by Gasteiger charge is 2.23. The van der Waals surface area contributed by atoms with Crippen molar-refractivity contribution in [2.24, 2.45) is 0 Å². The summed E-state index contributed by atoms with van der Waals surface area (Å²) in [6.07, 6.45) is 6.80. The second-order valence-electron chi connectivity index (χ2n) is 4.23. The number of rotatable bonds is 1. The molecule has 1 aliphatic rings. The molecule has 0 N–H and O–H groups in total. The van der Waals surface area contributed by atoms with Crippen molar-refractivity contribution in [3.05, 3.63) is 23.4 Å². The van der Waals surface area contributed by atoms with Crippen LogP contribution in [-0.4, -0.2) is 20.9 Å². The molecule has 0 amide bonds. The van der Waals surface area contributed by atoms with Gasteiger partial charge in [0, 0.05) is 29.3 Å². The molecule has 2 nitrogen and oxygen atoms in total. The second kappa shape index (κ2) is 3.66. The van der Waals surface area contributed by atoms with Crippen LogP contribution < -0.4 is 0 Å². The van der Waals surface area contributed by atoms with Gasteiger partial charge in [0.05, 0.1) is 10.8 Å². The third-order valence-electron chi connectivity index (χ3n) is 1.80. The lowest BCUT2D eigenvalue weighted by molar-refractivity contribution is 0.604.